The molecule has 0 aromatic carbocycles. The van der Waals surface area contributed by atoms with Gasteiger partial charge in [0.2, 0.25) is 5.91 Å². The van der Waals surface area contributed by atoms with Crippen LogP contribution in [0, 0.1) is 0 Å². The molecule has 0 aromatic heterocycles. The predicted molar refractivity (Wildman–Crippen MR) is 65.0 cm³/mol. The van der Waals surface area contributed by atoms with Gasteiger partial charge >= 0.3 is 6.09 Å². The lowest BCUT2D eigenvalue weighted by atomic mass is 9.87. The maximum absolute atomic E-state index is 12.2. The number of carbonyl (C=O) groups excluding carboxylic acids is 2. The van der Waals surface area contributed by atoms with Crippen LogP contribution in [0.3, 0.4) is 0 Å². The van der Waals surface area contributed by atoms with Crippen LogP contribution in [0.15, 0.2) is 0 Å². The highest BCUT2D eigenvalue weighted by Crippen LogP contribution is 2.39. The standard InChI is InChI=1S/C13H20N2O3/c1-13(2,3)18-12(17)15-9-6-10(15)11(16)14(7-9)8-4-5-8/h8-10H,4-7H2,1-3H3/t9-,10+/m0/s1. The number of piperidine rings is 1. The lowest BCUT2D eigenvalue weighted by Crippen LogP contribution is -2.73. The van der Waals surface area contributed by atoms with Gasteiger partial charge in [0.1, 0.15) is 11.6 Å². The Labute approximate surface area is 107 Å². The number of ether oxygens (including phenoxy) is 1. The Morgan fingerprint density at radius 1 is 1.28 bits per heavy atom. The molecule has 4 rings (SSSR count). The van der Waals surface area contributed by atoms with Crippen LogP contribution in [0.1, 0.15) is 40.0 Å². The molecule has 2 atom stereocenters. The van der Waals surface area contributed by atoms with Crippen LogP contribution in [-0.2, 0) is 9.53 Å². The Bertz CT molecular complexity index is 398. The number of amides is 2. The molecule has 4 aliphatic rings. The number of piperazine rings is 1. The zero-order valence-electron chi connectivity index (χ0n) is 11.2. The first kappa shape index (κ1) is 11.8. The summed E-state index contributed by atoms with van der Waals surface area (Å²) in [5.41, 5.74) is -0.500. The molecule has 0 aromatic rings. The first-order chi connectivity index (χ1) is 8.37. The van der Waals surface area contributed by atoms with Gasteiger partial charge in [-0.3, -0.25) is 9.69 Å². The molecule has 3 saturated heterocycles. The summed E-state index contributed by atoms with van der Waals surface area (Å²) >= 11 is 0. The molecule has 5 heteroatoms. The van der Waals surface area contributed by atoms with Crippen molar-refractivity contribution in [2.75, 3.05) is 6.54 Å². The summed E-state index contributed by atoms with van der Waals surface area (Å²) in [5.74, 6) is 0.117. The maximum atomic E-state index is 12.2. The summed E-state index contributed by atoms with van der Waals surface area (Å²) in [4.78, 5) is 27.8. The lowest BCUT2D eigenvalue weighted by molar-refractivity contribution is -0.158. The lowest BCUT2D eigenvalue weighted by Gasteiger charge is -2.54. The average Bonchev–Trinajstić information content (AvgIpc) is 2.96. The molecule has 0 radical (unpaired) electrons. The van der Waals surface area contributed by atoms with Crippen LogP contribution in [0.5, 0.6) is 0 Å². The molecule has 18 heavy (non-hydrogen) atoms. The van der Waals surface area contributed by atoms with E-state index >= 15 is 0 Å². The highest BCUT2D eigenvalue weighted by molar-refractivity contribution is 5.90. The minimum atomic E-state index is -0.500. The summed E-state index contributed by atoms with van der Waals surface area (Å²) in [6, 6.07) is 0.353. The summed E-state index contributed by atoms with van der Waals surface area (Å²) in [7, 11) is 0. The zero-order valence-corrected chi connectivity index (χ0v) is 11.2. The third kappa shape index (κ3) is 1.85. The fraction of sp³-hybridized carbons (Fsp3) is 0.846. The first-order valence-corrected chi connectivity index (χ1v) is 6.68. The number of hydrogen-bond acceptors (Lipinski definition) is 3. The molecule has 0 N–H and O–H groups in total. The smallest absolute Gasteiger partial charge is 0.411 e. The van der Waals surface area contributed by atoms with Crippen molar-refractivity contribution in [2.24, 2.45) is 0 Å². The Hall–Kier alpha value is -1.26. The number of hydrogen-bond donors (Lipinski definition) is 0. The minimum Gasteiger partial charge on any atom is -0.444 e. The van der Waals surface area contributed by atoms with Gasteiger partial charge in [0, 0.05) is 12.6 Å². The highest BCUT2D eigenvalue weighted by Gasteiger charge is 2.56. The molecule has 1 aliphatic carbocycles. The highest BCUT2D eigenvalue weighted by atomic mass is 16.6. The van der Waals surface area contributed by atoms with E-state index in [1.165, 1.54) is 0 Å². The molecule has 4 fully saturated rings. The molecule has 1 saturated carbocycles. The van der Waals surface area contributed by atoms with Crippen molar-refractivity contribution < 1.29 is 14.3 Å². The summed E-state index contributed by atoms with van der Waals surface area (Å²) in [6.07, 6.45) is 2.71. The quantitative estimate of drug-likeness (QED) is 0.708. The van der Waals surface area contributed by atoms with Crippen LogP contribution in [0.25, 0.3) is 0 Å². The van der Waals surface area contributed by atoms with Crippen molar-refractivity contribution in [3.05, 3.63) is 0 Å². The number of nitrogens with zero attached hydrogens (tertiary/aromatic N) is 2. The Kier molecular flexibility index (Phi) is 2.37. The summed E-state index contributed by atoms with van der Waals surface area (Å²) in [6.45, 7) is 6.23. The van der Waals surface area contributed by atoms with E-state index in [0.717, 1.165) is 19.3 Å². The number of fused-ring (bicyclic) bond motifs is 2. The first-order valence-electron chi connectivity index (χ1n) is 6.68. The maximum Gasteiger partial charge on any atom is 0.411 e. The Morgan fingerprint density at radius 2 is 1.94 bits per heavy atom. The van der Waals surface area contributed by atoms with E-state index in [4.69, 9.17) is 4.74 Å². The van der Waals surface area contributed by atoms with Gasteiger partial charge in [-0.15, -0.1) is 0 Å². The molecular weight excluding hydrogens is 232 g/mol. The molecule has 3 aliphatic heterocycles. The topological polar surface area (TPSA) is 49.9 Å². The molecule has 0 unspecified atom stereocenters. The summed E-state index contributed by atoms with van der Waals surface area (Å²) < 4.78 is 5.35. The van der Waals surface area contributed by atoms with Gasteiger partial charge < -0.3 is 9.64 Å². The van der Waals surface area contributed by atoms with Gasteiger partial charge in [0.15, 0.2) is 0 Å². The van der Waals surface area contributed by atoms with Gasteiger partial charge in [0.25, 0.3) is 0 Å². The second-order valence-electron chi connectivity index (χ2n) is 6.51. The monoisotopic (exact) mass is 252 g/mol. The van der Waals surface area contributed by atoms with E-state index < -0.39 is 5.60 Å². The van der Waals surface area contributed by atoms with Crippen molar-refractivity contribution >= 4 is 12.0 Å². The third-order valence-electron chi connectivity index (χ3n) is 3.79. The molecule has 2 bridgehead atoms. The van der Waals surface area contributed by atoms with Gasteiger partial charge in [-0.1, -0.05) is 0 Å². The van der Waals surface area contributed by atoms with Gasteiger partial charge in [-0.25, -0.2) is 4.79 Å². The second kappa shape index (κ2) is 3.62. The van der Waals surface area contributed by atoms with Gasteiger partial charge in [-0.05, 0) is 40.0 Å². The van der Waals surface area contributed by atoms with Crippen molar-refractivity contribution in [1.82, 2.24) is 9.80 Å². The molecule has 2 amide bonds. The van der Waals surface area contributed by atoms with Crippen molar-refractivity contribution in [2.45, 2.75) is 63.8 Å². The predicted octanol–water partition coefficient (Wildman–Crippen LogP) is 1.37. The molecule has 0 spiro atoms. The minimum absolute atomic E-state index is 0.117. The Morgan fingerprint density at radius 3 is 2.44 bits per heavy atom. The largest absolute Gasteiger partial charge is 0.444 e. The van der Waals surface area contributed by atoms with E-state index in [0.29, 0.717) is 12.6 Å². The third-order valence-corrected chi connectivity index (χ3v) is 3.79. The van der Waals surface area contributed by atoms with Crippen LogP contribution in [0.4, 0.5) is 4.79 Å². The van der Waals surface area contributed by atoms with E-state index in [2.05, 4.69) is 0 Å². The van der Waals surface area contributed by atoms with Crippen LogP contribution in [-0.4, -0.2) is 52.1 Å². The van der Waals surface area contributed by atoms with Gasteiger partial charge in [-0.2, -0.15) is 0 Å². The summed E-state index contributed by atoms with van der Waals surface area (Å²) in [5, 5.41) is 0. The van der Waals surface area contributed by atoms with Crippen molar-refractivity contribution in [3.8, 4) is 0 Å². The van der Waals surface area contributed by atoms with E-state index in [1.807, 2.05) is 25.7 Å². The average molecular weight is 252 g/mol. The molecule has 5 nitrogen and oxygen atoms in total. The number of carbonyl (C=O) groups is 2. The fourth-order valence-electron chi connectivity index (χ4n) is 2.80. The van der Waals surface area contributed by atoms with Crippen LogP contribution in [0.2, 0.25) is 0 Å². The van der Waals surface area contributed by atoms with Crippen molar-refractivity contribution in [1.29, 1.82) is 0 Å². The SMILES string of the molecule is CC(C)(C)OC(=O)N1[C@H]2C[C@@H]1C(=O)N(C1CC1)C2. The van der Waals surface area contributed by atoms with Gasteiger partial charge in [0.05, 0.1) is 6.04 Å². The Balaban J connectivity index is 1.67. The molecular formula is C13H20N2O3. The fourth-order valence-corrected chi connectivity index (χ4v) is 2.80. The normalized spacial score (nSPS) is 31.2. The van der Waals surface area contributed by atoms with E-state index in [1.54, 1.807) is 4.90 Å². The van der Waals surface area contributed by atoms with Crippen molar-refractivity contribution in [3.63, 3.8) is 0 Å². The second-order valence-corrected chi connectivity index (χ2v) is 6.51. The van der Waals surface area contributed by atoms with Crippen LogP contribution < -0.4 is 0 Å². The van der Waals surface area contributed by atoms with Crippen LogP contribution >= 0.6 is 0 Å². The molecule has 100 valence electrons. The van der Waals surface area contributed by atoms with E-state index in [-0.39, 0.29) is 24.1 Å². The zero-order chi connectivity index (χ0) is 13.1. The van der Waals surface area contributed by atoms with E-state index in [9.17, 15) is 9.59 Å². The molecule has 3 heterocycles. The number of rotatable bonds is 1.